The van der Waals surface area contributed by atoms with Crippen molar-refractivity contribution in [3.05, 3.63) is 34.9 Å². The Labute approximate surface area is 95.6 Å². The summed E-state index contributed by atoms with van der Waals surface area (Å²) >= 11 is 5.75. The van der Waals surface area contributed by atoms with E-state index in [1.807, 2.05) is 12.1 Å². The minimum atomic E-state index is 0.0748. The van der Waals surface area contributed by atoms with Gasteiger partial charge in [0.2, 0.25) is 5.91 Å². The van der Waals surface area contributed by atoms with Gasteiger partial charge in [-0.15, -0.1) is 0 Å². The van der Waals surface area contributed by atoms with Gasteiger partial charge in [-0.1, -0.05) is 37.1 Å². The fourth-order valence-corrected chi connectivity index (χ4v) is 1.38. The van der Waals surface area contributed by atoms with Crippen molar-refractivity contribution in [2.24, 2.45) is 0 Å². The molecule has 0 unspecified atom stereocenters. The smallest absolute Gasteiger partial charge is 0.224 e. The molecule has 0 aliphatic rings. The SMILES string of the molecule is CCCCNC(=O)Cc1ccc(Cl)cc1. The molecule has 1 aromatic carbocycles. The second-order valence-electron chi connectivity index (χ2n) is 3.51. The van der Waals surface area contributed by atoms with Crippen LogP contribution in [0.25, 0.3) is 0 Å². The van der Waals surface area contributed by atoms with Crippen LogP contribution in [0.4, 0.5) is 0 Å². The Morgan fingerprint density at radius 2 is 2.00 bits per heavy atom. The predicted octanol–water partition coefficient (Wildman–Crippen LogP) is 2.80. The summed E-state index contributed by atoms with van der Waals surface area (Å²) in [6, 6.07) is 7.36. The van der Waals surface area contributed by atoms with Crippen molar-refractivity contribution in [1.29, 1.82) is 0 Å². The Balaban J connectivity index is 2.34. The zero-order valence-electron chi connectivity index (χ0n) is 8.92. The van der Waals surface area contributed by atoms with E-state index in [2.05, 4.69) is 12.2 Å². The highest BCUT2D eigenvalue weighted by atomic mass is 35.5. The molecule has 0 heterocycles. The molecule has 82 valence electrons. The number of amides is 1. The van der Waals surface area contributed by atoms with Gasteiger partial charge in [-0.3, -0.25) is 4.79 Å². The molecule has 15 heavy (non-hydrogen) atoms. The second-order valence-corrected chi connectivity index (χ2v) is 3.94. The van der Waals surface area contributed by atoms with E-state index in [1.165, 1.54) is 0 Å². The van der Waals surface area contributed by atoms with Gasteiger partial charge in [0.25, 0.3) is 0 Å². The van der Waals surface area contributed by atoms with Gasteiger partial charge >= 0.3 is 0 Å². The monoisotopic (exact) mass is 225 g/mol. The molecule has 0 atom stereocenters. The standard InChI is InChI=1S/C12H16ClNO/c1-2-3-8-14-12(15)9-10-4-6-11(13)7-5-10/h4-7H,2-3,8-9H2,1H3,(H,14,15). The molecule has 1 rings (SSSR count). The summed E-state index contributed by atoms with van der Waals surface area (Å²) in [6.07, 6.45) is 2.56. The number of benzene rings is 1. The van der Waals surface area contributed by atoms with E-state index < -0.39 is 0 Å². The summed E-state index contributed by atoms with van der Waals surface area (Å²) < 4.78 is 0. The van der Waals surface area contributed by atoms with Crippen LogP contribution in [0.15, 0.2) is 24.3 Å². The lowest BCUT2D eigenvalue weighted by Crippen LogP contribution is -2.25. The van der Waals surface area contributed by atoms with E-state index in [1.54, 1.807) is 12.1 Å². The number of hydrogen-bond donors (Lipinski definition) is 1. The van der Waals surface area contributed by atoms with Gasteiger partial charge in [0, 0.05) is 11.6 Å². The fourth-order valence-electron chi connectivity index (χ4n) is 1.25. The maximum atomic E-state index is 11.4. The number of halogens is 1. The van der Waals surface area contributed by atoms with Crippen LogP contribution in [0.5, 0.6) is 0 Å². The minimum Gasteiger partial charge on any atom is -0.356 e. The van der Waals surface area contributed by atoms with Crippen molar-refractivity contribution in [2.45, 2.75) is 26.2 Å². The lowest BCUT2D eigenvalue weighted by molar-refractivity contribution is -0.120. The first-order valence-corrected chi connectivity index (χ1v) is 5.61. The van der Waals surface area contributed by atoms with E-state index in [0.717, 1.165) is 24.9 Å². The van der Waals surface area contributed by atoms with Gasteiger partial charge in [-0.05, 0) is 24.1 Å². The number of hydrogen-bond acceptors (Lipinski definition) is 1. The van der Waals surface area contributed by atoms with Crippen molar-refractivity contribution in [1.82, 2.24) is 5.32 Å². The molecule has 0 spiro atoms. The molecular formula is C12H16ClNO. The lowest BCUT2D eigenvalue weighted by atomic mass is 10.1. The molecule has 0 fully saturated rings. The first-order chi connectivity index (χ1) is 7.22. The number of rotatable bonds is 5. The highest BCUT2D eigenvalue weighted by Gasteiger charge is 2.01. The highest BCUT2D eigenvalue weighted by Crippen LogP contribution is 2.09. The summed E-state index contributed by atoms with van der Waals surface area (Å²) in [5.41, 5.74) is 0.994. The molecule has 0 aliphatic heterocycles. The maximum absolute atomic E-state index is 11.4. The maximum Gasteiger partial charge on any atom is 0.224 e. The third-order valence-corrected chi connectivity index (χ3v) is 2.38. The van der Waals surface area contributed by atoms with Crippen LogP contribution in [-0.4, -0.2) is 12.5 Å². The molecule has 0 aromatic heterocycles. The van der Waals surface area contributed by atoms with E-state index in [-0.39, 0.29) is 5.91 Å². The third-order valence-electron chi connectivity index (χ3n) is 2.13. The minimum absolute atomic E-state index is 0.0748. The average molecular weight is 226 g/mol. The van der Waals surface area contributed by atoms with Crippen LogP contribution >= 0.6 is 11.6 Å². The summed E-state index contributed by atoms with van der Waals surface area (Å²) in [5, 5.41) is 3.57. The van der Waals surface area contributed by atoms with E-state index >= 15 is 0 Å². The average Bonchev–Trinajstić information content (AvgIpc) is 2.22. The number of unbranched alkanes of at least 4 members (excludes halogenated alkanes) is 1. The number of nitrogens with one attached hydrogen (secondary N) is 1. The summed E-state index contributed by atoms with van der Waals surface area (Å²) in [7, 11) is 0. The largest absolute Gasteiger partial charge is 0.356 e. The van der Waals surface area contributed by atoms with Crippen molar-refractivity contribution in [3.8, 4) is 0 Å². The quantitative estimate of drug-likeness (QED) is 0.768. The van der Waals surface area contributed by atoms with Crippen molar-refractivity contribution >= 4 is 17.5 Å². The molecule has 1 N–H and O–H groups in total. The van der Waals surface area contributed by atoms with Crippen LogP contribution in [0, 0.1) is 0 Å². The molecule has 2 nitrogen and oxygen atoms in total. The second kappa shape index (κ2) is 6.46. The molecule has 0 aliphatic carbocycles. The molecule has 1 amide bonds. The van der Waals surface area contributed by atoms with Crippen molar-refractivity contribution < 1.29 is 4.79 Å². The molecular weight excluding hydrogens is 210 g/mol. The van der Waals surface area contributed by atoms with Gasteiger partial charge in [0.1, 0.15) is 0 Å². The van der Waals surface area contributed by atoms with Crippen molar-refractivity contribution in [3.63, 3.8) is 0 Å². The molecule has 0 saturated heterocycles. The Kier molecular flexibility index (Phi) is 5.19. The van der Waals surface area contributed by atoms with Crippen LogP contribution < -0.4 is 5.32 Å². The first-order valence-electron chi connectivity index (χ1n) is 5.23. The van der Waals surface area contributed by atoms with Crippen molar-refractivity contribution in [2.75, 3.05) is 6.54 Å². The topological polar surface area (TPSA) is 29.1 Å². The number of carbonyl (C=O) groups excluding carboxylic acids is 1. The predicted molar refractivity (Wildman–Crippen MR) is 63.1 cm³/mol. The summed E-state index contributed by atoms with van der Waals surface area (Å²) in [6.45, 7) is 2.87. The highest BCUT2D eigenvalue weighted by molar-refractivity contribution is 6.30. The molecule has 0 bridgehead atoms. The van der Waals surface area contributed by atoms with Crippen LogP contribution in [0.1, 0.15) is 25.3 Å². The zero-order chi connectivity index (χ0) is 11.1. The van der Waals surface area contributed by atoms with Gasteiger partial charge in [-0.2, -0.15) is 0 Å². The third kappa shape index (κ3) is 4.84. The summed E-state index contributed by atoms with van der Waals surface area (Å²) in [5.74, 6) is 0.0748. The summed E-state index contributed by atoms with van der Waals surface area (Å²) in [4.78, 5) is 11.4. The van der Waals surface area contributed by atoms with Crippen LogP contribution in [0.3, 0.4) is 0 Å². The first kappa shape index (κ1) is 12.1. The van der Waals surface area contributed by atoms with E-state index in [0.29, 0.717) is 11.4 Å². The number of carbonyl (C=O) groups is 1. The zero-order valence-corrected chi connectivity index (χ0v) is 9.68. The normalized spacial score (nSPS) is 10.0. The van der Waals surface area contributed by atoms with Gasteiger partial charge < -0.3 is 5.32 Å². The Morgan fingerprint density at radius 1 is 1.33 bits per heavy atom. The van der Waals surface area contributed by atoms with E-state index in [9.17, 15) is 4.79 Å². The molecule has 3 heteroatoms. The van der Waals surface area contributed by atoms with Gasteiger partial charge in [0.15, 0.2) is 0 Å². The van der Waals surface area contributed by atoms with Gasteiger partial charge in [0.05, 0.1) is 6.42 Å². The Hall–Kier alpha value is -1.02. The molecule has 0 radical (unpaired) electrons. The van der Waals surface area contributed by atoms with E-state index in [4.69, 9.17) is 11.6 Å². The van der Waals surface area contributed by atoms with Crippen LogP contribution in [0.2, 0.25) is 5.02 Å². The van der Waals surface area contributed by atoms with Gasteiger partial charge in [-0.25, -0.2) is 0 Å². The fraction of sp³-hybridized carbons (Fsp3) is 0.417. The Morgan fingerprint density at radius 3 is 2.60 bits per heavy atom. The Bertz CT molecular complexity index is 308. The molecule has 1 aromatic rings. The lowest BCUT2D eigenvalue weighted by Gasteiger charge is -2.04. The van der Waals surface area contributed by atoms with Crippen LogP contribution in [-0.2, 0) is 11.2 Å². The molecule has 0 saturated carbocycles.